The summed E-state index contributed by atoms with van der Waals surface area (Å²) < 4.78 is 36.7. The molecule has 0 atom stereocenters. The molecule has 14 heavy (non-hydrogen) atoms. The minimum absolute atomic E-state index is 0. The minimum Gasteiger partial charge on any atom is -0.445 e. The number of hydrogen-bond donors (Lipinski definition) is 0. The molecule has 0 heterocycles. The molecule has 0 saturated heterocycles. The molecule has 0 unspecified atom stereocenters. The Morgan fingerprint density at radius 2 is 1.86 bits per heavy atom. The van der Waals surface area contributed by atoms with Crippen molar-refractivity contribution in [3.05, 3.63) is 28.8 Å². The van der Waals surface area contributed by atoms with Gasteiger partial charge in [-0.05, 0) is 0 Å². The predicted molar refractivity (Wildman–Crippen MR) is 45.6 cm³/mol. The van der Waals surface area contributed by atoms with Gasteiger partial charge >= 0.3 is 58.4 Å². The number of hydrogen-bond acceptors (Lipinski definition) is 1. The fourth-order valence-corrected chi connectivity index (χ4v) is 1.21. The average Bonchev–Trinajstić information content (AvgIpc) is 2.02. The standard InChI is InChI=1S/C7H4BClF3O.K/c9-7-5(4-13)2-1-3-6(7)8(10,11)12;/h1-4H;/q-1;+1. The van der Waals surface area contributed by atoms with E-state index in [0.717, 1.165) is 12.1 Å². The Hall–Kier alpha value is 0.671. The third kappa shape index (κ3) is 3.36. The summed E-state index contributed by atoms with van der Waals surface area (Å²) in [6, 6.07) is 3.25. The number of carbonyl (C=O) groups is 1. The van der Waals surface area contributed by atoms with Gasteiger partial charge < -0.3 is 12.9 Å². The maximum absolute atomic E-state index is 12.2. The molecule has 0 bridgehead atoms. The molecule has 7 heteroatoms. The van der Waals surface area contributed by atoms with Crippen LogP contribution < -0.4 is 56.8 Å². The Bertz CT molecular complexity index is 342. The molecular weight excluding hydrogens is 242 g/mol. The zero-order chi connectivity index (χ0) is 10.1. The van der Waals surface area contributed by atoms with Crippen LogP contribution in [0.2, 0.25) is 5.02 Å². The van der Waals surface area contributed by atoms with Gasteiger partial charge in [-0.15, -0.1) is 0 Å². The first kappa shape index (κ1) is 14.7. The summed E-state index contributed by atoms with van der Waals surface area (Å²) in [5.41, 5.74) is -1.07. The molecule has 70 valence electrons. The van der Waals surface area contributed by atoms with Gasteiger partial charge in [0.2, 0.25) is 0 Å². The van der Waals surface area contributed by atoms with Crippen LogP contribution in [0.5, 0.6) is 0 Å². The molecule has 0 fully saturated rings. The van der Waals surface area contributed by atoms with Gasteiger partial charge in [-0.3, -0.25) is 4.79 Å². The number of aldehydes is 1. The van der Waals surface area contributed by atoms with Gasteiger partial charge in [0, 0.05) is 10.6 Å². The van der Waals surface area contributed by atoms with Gasteiger partial charge in [-0.2, -0.15) is 0 Å². The largest absolute Gasteiger partial charge is 1.00 e. The van der Waals surface area contributed by atoms with Crippen LogP contribution in [0, 0.1) is 0 Å². The van der Waals surface area contributed by atoms with Crippen molar-refractivity contribution in [2.24, 2.45) is 0 Å². The van der Waals surface area contributed by atoms with Crippen molar-refractivity contribution in [2.75, 3.05) is 0 Å². The molecule has 0 aliphatic rings. The average molecular weight is 246 g/mol. The maximum atomic E-state index is 12.2. The molecule has 1 nitrogen and oxygen atoms in total. The van der Waals surface area contributed by atoms with E-state index in [9.17, 15) is 17.7 Å². The first-order valence-corrected chi connectivity index (χ1v) is 3.78. The van der Waals surface area contributed by atoms with Crippen LogP contribution in [-0.4, -0.2) is 13.3 Å². The van der Waals surface area contributed by atoms with Crippen LogP contribution in [0.4, 0.5) is 12.9 Å². The van der Waals surface area contributed by atoms with Crippen molar-refractivity contribution in [3.8, 4) is 0 Å². The molecule has 1 rings (SSSR count). The molecule has 0 amide bonds. The van der Waals surface area contributed by atoms with Crippen LogP contribution in [-0.2, 0) is 0 Å². The number of rotatable bonds is 2. The Morgan fingerprint density at radius 1 is 1.29 bits per heavy atom. The SMILES string of the molecule is O=Cc1cccc([B-](F)(F)F)c1Cl.[K+]. The van der Waals surface area contributed by atoms with Crippen molar-refractivity contribution >= 4 is 30.3 Å². The topological polar surface area (TPSA) is 17.1 Å². The van der Waals surface area contributed by atoms with Gasteiger partial charge in [0.25, 0.3) is 0 Å². The Morgan fingerprint density at radius 3 is 2.29 bits per heavy atom. The van der Waals surface area contributed by atoms with E-state index in [1.54, 1.807) is 0 Å². The summed E-state index contributed by atoms with van der Waals surface area (Å²) in [4.78, 5) is 10.3. The zero-order valence-corrected chi connectivity index (χ0v) is 11.2. The van der Waals surface area contributed by atoms with E-state index in [-0.39, 0.29) is 56.9 Å². The van der Waals surface area contributed by atoms with E-state index in [1.165, 1.54) is 6.07 Å². The molecule has 0 aliphatic carbocycles. The Balaban J connectivity index is 0.00000169. The second-order valence-electron chi connectivity index (χ2n) is 2.44. The summed E-state index contributed by atoms with van der Waals surface area (Å²) in [5, 5.41) is -0.523. The van der Waals surface area contributed by atoms with Gasteiger partial charge in [0.15, 0.2) is 6.29 Å². The predicted octanol–water partition coefficient (Wildman–Crippen LogP) is -0.789. The van der Waals surface area contributed by atoms with E-state index < -0.39 is 17.5 Å². The third-order valence-corrected chi connectivity index (χ3v) is 1.97. The quantitative estimate of drug-likeness (QED) is 0.494. The van der Waals surface area contributed by atoms with E-state index in [4.69, 9.17) is 11.6 Å². The first-order valence-electron chi connectivity index (χ1n) is 3.40. The Kier molecular flexibility index (Phi) is 5.94. The monoisotopic (exact) mass is 246 g/mol. The third-order valence-electron chi connectivity index (χ3n) is 1.54. The van der Waals surface area contributed by atoms with Gasteiger partial charge in [0.05, 0.1) is 0 Å². The molecule has 0 radical (unpaired) electrons. The number of halogens is 4. The normalized spacial score (nSPS) is 10.6. The molecule has 0 saturated carbocycles. The van der Waals surface area contributed by atoms with Crippen molar-refractivity contribution in [1.29, 1.82) is 0 Å². The van der Waals surface area contributed by atoms with Crippen molar-refractivity contribution in [1.82, 2.24) is 0 Å². The van der Waals surface area contributed by atoms with Crippen LogP contribution in [0.3, 0.4) is 0 Å². The summed E-state index contributed by atoms with van der Waals surface area (Å²) in [6.45, 7) is -5.15. The number of carbonyl (C=O) groups excluding carboxylic acids is 1. The van der Waals surface area contributed by atoms with Crippen molar-refractivity contribution < 1.29 is 69.1 Å². The minimum atomic E-state index is -5.15. The zero-order valence-electron chi connectivity index (χ0n) is 7.31. The summed E-state index contributed by atoms with van der Waals surface area (Å²) in [6.07, 6.45) is 0.299. The fraction of sp³-hybridized carbons (Fsp3) is 0. The van der Waals surface area contributed by atoms with E-state index in [2.05, 4.69) is 0 Å². The van der Waals surface area contributed by atoms with E-state index in [0.29, 0.717) is 6.29 Å². The fourth-order valence-electron chi connectivity index (χ4n) is 0.912. The van der Waals surface area contributed by atoms with Crippen LogP contribution in [0.1, 0.15) is 10.4 Å². The Labute approximate surface area is 126 Å². The van der Waals surface area contributed by atoms with E-state index in [1.807, 2.05) is 0 Å². The number of benzene rings is 1. The summed E-state index contributed by atoms with van der Waals surface area (Å²) in [5.74, 6) is 0. The summed E-state index contributed by atoms with van der Waals surface area (Å²) >= 11 is 5.36. The second-order valence-corrected chi connectivity index (χ2v) is 2.82. The molecule has 0 N–H and O–H groups in total. The van der Waals surface area contributed by atoms with Crippen LogP contribution in [0.15, 0.2) is 18.2 Å². The molecule has 0 spiro atoms. The molecule has 0 aromatic heterocycles. The second kappa shape index (κ2) is 5.67. The van der Waals surface area contributed by atoms with Crippen molar-refractivity contribution in [3.63, 3.8) is 0 Å². The van der Waals surface area contributed by atoms with Gasteiger partial charge in [-0.25, -0.2) is 0 Å². The summed E-state index contributed by atoms with van der Waals surface area (Å²) in [7, 11) is 0. The molecular formula is C7H4BClF3KO. The van der Waals surface area contributed by atoms with Gasteiger partial charge in [-0.1, -0.05) is 35.3 Å². The van der Waals surface area contributed by atoms with Crippen molar-refractivity contribution in [2.45, 2.75) is 0 Å². The van der Waals surface area contributed by atoms with Crippen LogP contribution >= 0.6 is 11.6 Å². The smallest absolute Gasteiger partial charge is 0.445 e. The maximum Gasteiger partial charge on any atom is 1.00 e. The first-order chi connectivity index (χ1) is 5.96. The molecule has 1 aromatic carbocycles. The molecule has 1 aromatic rings. The molecule has 0 aliphatic heterocycles. The van der Waals surface area contributed by atoms with E-state index >= 15 is 0 Å². The van der Waals surface area contributed by atoms with Crippen LogP contribution in [0.25, 0.3) is 0 Å². The van der Waals surface area contributed by atoms with Gasteiger partial charge in [0.1, 0.15) is 0 Å².